The molecule has 2 rings (SSSR count). The zero-order chi connectivity index (χ0) is 14.4. The summed E-state index contributed by atoms with van der Waals surface area (Å²) >= 11 is 0. The van der Waals surface area contributed by atoms with Crippen molar-refractivity contribution in [2.45, 2.75) is 6.42 Å². The second kappa shape index (κ2) is 6.46. The number of hydrogen-bond donors (Lipinski definition) is 1. The Morgan fingerprint density at radius 1 is 1.30 bits per heavy atom. The van der Waals surface area contributed by atoms with Gasteiger partial charge in [-0.25, -0.2) is 0 Å². The van der Waals surface area contributed by atoms with Crippen LogP contribution in [0.5, 0.6) is 5.88 Å². The number of nitro groups is 1. The quantitative estimate of drug-likeness (QED) is 0.640. The van der Waals surface area contributed by atoms with Gasteiger partial charge in [-0.1, -0.05) is 0 Å². The predicted octanol–water partition coefficient (Wildman–Crippen LogP) is 2.05. The molecule has 0 aliphatic carbocycles. The van der Waals surface area contributed by atoms with E-state index in [0.29, 0.717) is 12.4 Å². The summed E-state index contributed by atoms with van der Waals surface area (Å²) in [4.78, 5) is 18.4. The number of methoxy groups -OCH3 is 1. The Balaban J connectivity index is 2.06. The Kier molecular flexibility index (Phi) is 4.43. The first-order chi connectivity index (χ1) is 9.70. The largest absolute Gasteiger partial charge is 0.481 e. The number of pyridine rings is 2. The monoisotopic (exact) mass is 274 g/mol. The molecule has 2 heterocycles. The Bertz CT molecular complexity index is 589. The van der Waals surface area contributed by atoms with Gasteiger partial charge in [0, 0.05) is 31.1 Å². The van der Waals surface area contributed by atoms with Crippen LogP contribution in [0.1, 0.15) is 5.56 Å². The van der Waals surface area contributed by atoms with Crippen LogP contribution in [0.25, 0.3) is 0 Å². The average Bonchev–Trinajstić information content (AvgIpc) is 2.48. The van der Waals surface area contributed by atoms with E-state index in [9.17, 15) is 10.1 Å². The number of nitrogens with zero attached hydrogens (tertiary/aromatic N) is 3. The van der Waals surface area contributed by atoms with Crippen molar-refractivity contribution in [3.05, 3.63) is 52.3 Å². The Morgan fingerprint density at radius 3 is 2.70 bits per heavy atom. The highest BCUT2D eigenvalue weighted by Gasteiger charge is 2.15. The van der Waals surface area contributed by atoms with E-state index in [0.717, 1.165) is 12.0 Å². The minimum Gasteiger partial charge on any atom is -0.481 e. The van der Waals surface area contributed by atoms with Gasteiger partial charge < -0.3 is 10.1 Å². The highest BCUT2D eigenvalue weighted by Crippen LogP contribution is 2.24. The van der Waals surface area contributed by atoms with E-state index in [1.807, 2.05) is 12.1 Å². The molecule has 104 valence electrons. The maximum absolute atomic E-state index is 10.9. The molecule has 0 radical (unpaired) electrons. The van der Waals surface area contributed by atoms with Gasteiger partial charge >= 0.3 is 5.69 Å². The molecule has 2 aromatic heterocycles. The van der Waals surface area contributed by atoms with Gasteiger partial charge in [0.25, 0.3) is 0 Å². The number of anilines is 1. The summed E-state index contributed by atoms with van der Waals surface area (Å²) in [6.07, 6.45) is 4.14. The van der Waals surface area contributed by atoms with Crippen LogP contribution < -0.4 is 10.1 Å². The Morgan fingerprint density at radius 2 is 2.05 bits per heavy atom. The maximum Gasteiger partial charge on any atom is 0.311 e. The zero-order valence-corrected chi connectivity index (χ0v) is 10.9. The molecule has 20 heavy (non-hydrogen) atoms. The van der Waals surface area contributed by atoms with Crippen LogP contribution in [0.4, 0.5) is 11.5 Å². The molecule has 2 aromatic rings. The highest BCUT2D eigenvalue weighted by molar-refractivity contribution is 5.57. The average molecular weight is 274 g/mol. The van der Waals surface area contributed by atoms with Crippen LogP contribution in [-0.4, -0.2) is 28.5 Å². The van der Waals surface area contributed by atoms with Gasteiger partial charge in [0.2, 0.25) is 11.7 Å². The molecule has 7 heteroatoms. The lowest BCUT2D eigenvalue weighted by Crippen LogP contribution is -2.09. The first kappa shape index (κ1) is 13.7. The van der Waals surface area contributed by atoms with Crippen molar-refractivity contribution in [3.8, 4) is 5.88 Å². The summed E-state index contributed by atoms with van der Waals surface area (Å²) < 4.78 is 4.97. The molecule has 0 saturated carbocycles. The van der Waals surface area contributed by atoms with E-state index in [1.54, 1.807) is 12.4 Å². The van der Waals surface area contributed by atoms with Gasteiger partial charge in [-0.2, -0.15) is 4.98 Å². The summed E-state index contributed by atoms with van der Waals surface area (Å²) in [6, 6.07) is 6.64. The smallest absolute Gasteiger partial charge is 0.311 e. The molecule has 0 spiro atoms. The van der Waals surface area contributed by atoms with Crippen LogP contribution in [0.2, 0.25) is 0 Å². The molecule has 1 N–H and O–H groups in total. The summed E-state index contributed by atoms with van der Waals surface area (Å²) in [5.74, 6) is 0.547. The van der Waals surface area contributed by atoms with Crippen LogP contribution in [0.15, 0.2) is 36.7 Å². The standard InChI is InChI=1S/C13H14N4O3/c1-20-12-3-2-11(17(18)19)13(16-12)15-9-6-10-4-7-14-8-5-10/h2-5,7-8H,6,9H2,1H3,(H,15,16). The lowest BCUT2D eigenvalue weighted by atomic mass is 10.2. The van der Waals surface area contributed by atoms with E-state index < -0.39 is 4.92 Å². The Labute approximate surface area is 115 Å². The molecule has 0 amide bonds. The van der Waals surface area contributed by atoms with Gasteiger partial charge in [-0.05, 0) is 24.1 Å². The zero-order valence-electron chi connectivity index (χ0n) is 10.9. The normalized spacial score (nSPS) is 10.1. The molecule has 0 aromatic carbocycles. The fourth-order valence-electron chi connectivity index (χ4n) is 1.70. The highest BCUT2D eigenvalue weighted by atomic mass is 16.6. The minimum atomic E-state index is -0.471. The molecule has 0 saturated heterocycles. The second-order valence-corrected chi connectivity index (χ2v) is 4.01. The number of ether oxygens (including phenoxy) is 1. The Hall–Kier alpha value is -2.70. The first-order valence-corrected chi connectivity index (χ1v) is 6.03. The van der Waals surface area contributed by atoms with Crippen molar-refractivity contribution in [2.75, 3.05) is 19.0 Å². The van der Waals surface area contributed by atoms with Crippen molar-refractivity contribution in [3.63, 3.8) is 0 Å². The van der Waals surface area contributed by atoms with Gasteiger partial charge in [0.05, 0.1) is 12.0 Å². The first-order valence-electron chi connectivity index (χ1n) is 6.03. The molecule has 0 atom stereocenters. The number of nitrogens with one attached hydrogen (secondary N) is 1. The summed E-state index contributed by atoms with van der Waals surface area (Å²) in [6.45, 7) is 0.533. The second-order valence-electron chi connectivity index (χ2n) is 4.01. The lowest BCUT2D eigenvalue weighted by molar-refractivity contribution is -0.384. The lowest BCUT2D eigenvalue weighted by Gasteiger charge is -2.07. The molecule has 0 fully saturated rings. The predicted molar refractivity (Wildman–Crippen MR) is 73.9 cm³/mol. The third-order valence-corrected chi connectivity index (χ3v) is 2.71. The molecular formula is C13H14N4O3. The summed E-state index contributed by atoms with van der Waals surface area (Å²) in [7, 11) is 1.47. The maximum atomic E-state index is 10.9. The molecule has 0 bridgehead atoms. The van der Waals surface area contributed by atoms with E-state index in [4.69, 9.17) is 4.74 Å². The fourth-order valence-corrected chi connectivity index (χ4v) is 1.70. The number of aromatic nitrogens is 2. The van der Waals surface area contributed by atoms with Crippen LogP contribution >= 0.6 is 0 Å². The molecule has 0 aliphatic rings. The summed E-state index contributed by atoms with van der Waals surface area (Å²) in [5, 5.41) is 13.9. The summed E-state index contributed by atoms with van der Waals surface area (Å²) in [5.41, 5.74) is 1.03. The van der Waals surface area contributed by atoms with Crippen LogP contribution in [-0.2, 0) is 6.42 Å². The van der Waals surface area contributed by atoms with E-state index >= 15 is 0 Å². The van der Waals surface area contributed by atoms with Crippen LogP contribution in [0, 0.1) is 10.1 Å². The van der Waals surface area contributed by atoms with Gasteiger partial charge in [-0.15, -0.1) is 0 Å². The SMILES string of the molecule is COc1ccc([N+](=O)[O-])c(NCCc2ccncc2)n1. The van der Waals surface area contributed by atoms with Crippen molar-refractivity contribution >= 4 is 11.5 Å². The van der Waals surface area contributed by atoms with E-state index in [2.05, 4.69) is 15.3 Å². The number of hydrogen-bond acceptors (Lipinski definition) is 6. The number of rotatable bonds is 6. The van der Waals surface area contributed by atoms with E-state index in [-0.39, 0.29) is 11.5 Å². The minimum absolute atomic E-state index is 0.0690. The van der Waals surface area contributed by atoms with Crippen molar-refractivity contribution in [1.29, 1.82) is 0 Å². The third kappa shape index (κ3) is 3.41. The van der Waals surface area contributed by atoms with Crippen LogP contribution in [0.3, 0.4) is 0 Å². The topological polar surface area (TPSA) is 90.2 Å². The third-order valence-electron chi connectivity index (χ3n) is 2.71. The molecule has 0 unspecified atom stereocenters. The van der Waals surface area contributed by atoms with E-state index in [1.165, 1.54) is 19.2 Å². The van der Waals surface area contributed by atoms with Gasteiger partial charge in [0.15, 0.2) is 0 Å². The fraction of sp³-hybridized carbons (Fsp3) is 0.231. The van der Waals surface area contributed by atoms with Gasteiger partial charge in [-0.3, -0.25) is 15.1 Å². The van der Waals surface area contributed by atoms with Crippen molar-refractivity contribution in [1.82, 2.24) is 9.97 Å². The molecular weight excluding hydrogens is 260 g/mol. The van der Waals surface area contributed by atoms with Crippen molar-refractivity contribution in [2.24, 2.45) is 0 Å². The molecule has 0 aliphatic heterocycles. The van der Waals surface area contributed by atoms with Crippen molar-refractivity contribution < 1.29 is 9.66 Å². The molecule has 7 nitrogen and oxygen atoms in total. The van der Waals surface area contributed by atoms with Gasteiger partial charge in [0.1, 0.15) is 0 Å².